The van der Waals surface area contributed by atoms with Crippen LogP contribution in [0.3, 0.4) is 0 Å². The zero-order chi connectivity index (χ0) is 13.2. The van der Waals surface area contributed by atoms with E-state index in [1.807, 2.05) is 24.3 Å². The second kappa shape index (κ2) is 4.88. The zero-order valence-corrected chi connectivity index (χ0v) is 10.8. The van der Waals surface area contributed by atoms with Gasteiger partial charge in [-0.1, -0.05) is 6.07 Å². The molecule has 0 spiro atoms. The molecule has 2 aromatic rings. The van der Waals surface area contributed by atoms with Crippen LogP contribution in [0.1, 0.15) is 18.4 Å². The van der Waals surface area contributed by atoms with Gasteiger partial charge in [0, 0.05) is 29.6 Å². The molecule has 1 heterocycles. The van der Waals surface area contributed by atoms with Crippen molar-refractivity contribution < 1.29 is 9.53 Å². The quantitative estimate of drug-likeness (QED) is 0.913. The number of carbonyl (C=O) groups excluding carboxylic acids is 1. The van der Waals surface area contributed by atoms with Gasteiger partial charge in [-0.25, -0.2) is 0 Å². The lowest BCUT2D eigenvalue weighted by Gasteiger charge is -2.12. The van der Waals surface area contributed by atoms with Gasteiger partial charge in [0.1, 0.15) is 5.75 Å². The third-order valence-corrected chi connectivity index (χ3v) is 3.44. The van der Waals surface area contributed by atoms with E-state index in [0.29, 0.717) is 6.54 Å². The Morgan fingerprint density at radius 2 is 2.26 bits per heavy atom. The van der Waals surface area contributed by atoms with E-state index in [0.717, 1.165) is 35.1 Å². The molecule has 1 N–H and O–H groups in total. The molecule has 0 aliphatic heterocycles. The van der Waals surface area contributed by atoms with Gasteiger partial charge in [-0.3, -0.25) is 9.78 Å². The topological polar surface area (TPSA) is 51.2 Å². The Morgan fingerprint density at radius 3 is 3.00 bits per heavy atom. The SMILES string of the molecule is COc1ccc2cccnc2c1CNC(=O)C1CC1. The van der Waals surface area contributed by atoms with E-state index in [1.54, 1.807) is 13.3 Å². The number of benzene rings is 1. The van der Waals surface area contributed by atoms with Gasteiger partial charge in [0.25, 0.3) is 0 Å². The standard InChI is InChI=1S/C15H16N2O2/c1-19-13-7-6-10-3-2-8-16-14(10)12(13)9-17-15(18)11-4-5-11/h2-3,6-8,11H,4-5,9H2,1H3,(H,17,18). The van der Waals surface area contributed by atoms with Crippen LogP contribution in [-0.2, 0) is 11.3 Å². The maximum absolute atomic E-state index is 11.7. The largest absolute Gasteiger partial charge is 0.496 e. The Morgan fingerprint density at radius 1 is 1.42 bits per heavy atom. The van der Waals surface area contributed by atoms with Crippen molar-refractivity contribution >= 4 is 16.8 Å². The van der Waals surface area contributed by atoms with Crippen LogP contribution in [-0.4, -0.2) is 18.0 Å². The number of rotatable bonds is 4. The number of pyridine rings is 1. The highest BCUT2D eigenvalue weighted by Gasteiger charge is 2.29. The van der Waals surface area contributed by atoms with E-state index in [-0.39, 0.29) is 11.8 Å². The van der Waals surface area contributed by atoms with Gasteiger partial charge >= 0.3 is 0 Å². The van der Waals surface area contributed by atoms with E-state index >= 15 is 0 Å². The van der Waals surface area contributed by atoms with Crippen molar-refractivity contribution in [2.24, 2.45) is 5.92 Å². The van der Waals surface area contributed by atoms with Gasteiger partial charge < -0.3 is 10.1 Å². The lowest BCUT2D eigenvalue weighted by Crippen LogP contribution is -2.24. The minimum atomic E-state index is 0.134. The van der Waals surface area contributed by atoms with Crippen LogP contribution in [0.15, 0.2) is 30.5 Å². The molecule has 98 valence electrons. The molecule has 1 aliphatic carbocycles. The van der Waals surface area contributed by atoms with Crippen molar-refractivity contribution in [3.63, 3.8) is 0 Å². The van der Waals surface area contributed by atoms with Crippen LogP contribution in [0.2, 0.25) is 0 Å². The molecule has 1 saturated carbocycles. The van der Waals surface area contributed by atoms with Crippen molar-refractivity contribution in [1.82, 2.24) is 10.3 Å². The van der Waals surface area contributed by atoms with Crippen molar-refractivity contribution in [1.29, 1.82) is 0 Å². The summed E-state index contributed by atoms with van der Waals surface area (Å²) in [4.78, 5) is 16.1. The molecule has 0 bridgehead atoms. The smallest absolute Gasteiger partial charge is 0.223 e. The van der Waals surface area contributed by atoms with Gasteiger partial charge in [0.2, 0.25) is 5.91 Å². The molecule has 1 aliphatic rings. The lowest BCUT2D eigenvalue weighted by atomic mass is 10.1. The summed E-state index contributed by atoms with van der Waals surface area (Å²) in [6, 6.07) is 7.81. The van der Waals surface area contributed by atoms with Crippen LogP contribution >= 0.6 is 0 Å². The van der Waals surface area contributed by atoms with Gasteiger partial charge in [-0.05, 0) is 31.0 Å². The number of carbonyl (C=O) groups is 1. The average molecular weight is 256 g/mol. The molecule has 1 amide bonds. The third-order valence-electron chi connectivity index (χ3n) is 3.44. The normalized spacial score (nSPS) is 14.4. The van der Waals surface area contributed by atoms with Crippen molar-refractivity contribution in [2.75, 3.05) is 7.11 Å². The van der Waals surface area contributed by atoms with E-state index in [2.05, 4.69) is 10.3 Å². The Balaban J connectivity index is 1.92. The Kier molecular flexibility index (Phi) is 3.07. The summed E-state index contributed by atoms with van der Waals surface area (Å²) in [5, 5.41) is 4.02. The predicted molar refractivity (Wildman–Crippen MR) is 72.9 cm³/mol. The number of hydrogen-bond acceptors (Lipinski definition) is 3. The number of nitrogens with zero attached hydrogens (tertiary/aromatic N) is 1. The first kappa shape index (κ1) is 12.0. The molecule has 1 fully saturated rings. The molecule has 4 heteroatoms. The van der Waals surface area contributed by atoms with Gasteiger partial charge in [0.05, 0.1) is 12.6 Å². The molecule has 3 rings (SSSR count). The Hall–Kier alpha value is -2.10. The summed E-state index contributed by atoms with van der Waals surface area (Å²) in [7, 11) is 1.64. The maximum atomic E-state index is 11.7. The van der Waals surface area contributed by atoms with E-state index in [1.165, 1.54) is 0 Å². The van der Waals surface area contributed by atoms with Crippen LogP contribution in [0.25, 0.3) is 10.9 Å². The summed E-state index contributed by atoms with van der Waals surface area (Å²) in [6.07, 6.45) is 3.78. The number of ether oxygens (including phenoxy) is 1. The first-order valence-electron chi connectivity index (χ1n) is 6.48. The summed E-state index contributed by atoms with van der Waals surface area (Å²) in [5.74, 6) is 1.12. The van der Waals surface area contributed by atoms with Crippen LogP contribution in [0.4, 0.5) is 0 Å². The minimum Gasteiger partial charge on any atom is -0.496 e. The Labute approximate surface area is 111 Å². The third kappa shape index (κ3) is 2.38. The van der Waals surface area contributed by atoms with E-state index < -0.39 is 0 Å². The highest BCUT2D eigenvalue weighted by Crippen LogP contribution is 2.30. The fourth-order valence-electron chi connectivity index (χ4n) is 2.21. The molecule has 0 atom stereocenters. The highest BCUT2D eigenvalue weighted by atomic mass is 16.5. The maximum Gasteiger partial charge on any atom is 0.223 e. The van der Waals surface area contributed by atoms with Crippen LogP contribution in [0.5, 0.6) is 5.75 Å². The molecule has 4 nitrogen and oxygen atoms in total. The van der Waals surface area contributed by atoms with Gasteiger partial charge in [0.15, 0.2) is 0 Å². The summed E-state index contributed by atoms with van der Waals surface area (Å²) in [5.41, 5.74) is 1.83. The fourth-order valence-corrected chi connectivity index (χ4v) is 2.21. The molecule has 1 aromatic heterocycles. The van der Waals surface area contributed by atoms with Gasteiger partial charge in [-0.15, -0.1) is 0 Å². The predicted octanol–water partition coefficient (Wildman–Crippen LogP) is 2.27. The van der Waals surface area contributed by atoms with E-state index in [4.69, 9.17) is 4.74 Å². The monoisotopic (exact) mass is 256 g/mol. The molecule has 0 unspecified atom stereocenters. The number of hydrogen-bond donors (Lipinski definition) is 1. The van der Waals surface area contributed by atoms with Gasteiger partial charge in [-0.2, -0.15) is 0 Å². The van der Waals surface area contributed by atoms with Crippen LogP contribution < -0.4 is 10.1 Å². The van der Waals surface area contributed by atoms with Crippen LogP contribution in [0, 0.1) is 5.92 Å². The minimum absolute atomic E-state index is 0.134. The lowest BCUT2D eigenvalue weighted by molar-refractivity contribution is -0.122. The average Bonchev–Trinajstić information content (AvgIpc) is 3.28. The molecule has 0 radical (unpaired) electrons. The molecular weight excluding hydrogens is 240 g/mol. The van der Waals surface area contributed by atoms with Crippen molar-refractivity contribution in [3.8, 4) is 5.75 Å². The molecular formula is C15H16N2O2. The number of nitrogens with one attached hydrogen (secondary N) is 1. The molecule has 0 saturated heterocycles. The molecule has 19 heavy (non-hydrogen) atoms. The second-order valence-electron chi connectivity index (χ2n) is 4.81. The summed E-state index contributed by atoms with van der Waals surface area (Å²) >= 11 is 0. The van der Waals surface area contributed by atoms with E-state index in [9.17, 15) is 4.79 Å². The van der Waals surface area contributed by atoms with Crippen molar-refractivity contribution in [3.05, 3.63) is 36.0 Å². The number of methoxy groups -OCH3 is 1. The second-order valence-corrected chi connectivity index (χ2v) is 4.81. The number of amides is 1. The van der Waals surface area contributed by atoms with Crippen molar-refractivity contribution in [2.45, 2.75) is 19.4 Å². The first-order valence-corrected chi connectivity index (χ1v) is 6.48. The number of fused-ring (bicyclic) bond motifs is 1. The zero-order valence-electron chi connectivity index (χ0n) is 10.8. The Bertz CT molecular complexity index is 621. The summed E-state index contributed by atoms with van der Waals surface area (Å²) in [6.45, 7) is 0.465. The summed E-state index contributed by atoms with van der Waals surface area (Å²) < 4.78 is 5.37. The number of aromatic nitrogens is 1. The first-order chi connectivity index (χ1) is 9.29. The fraction of sp³-hybridized carbons (Fsp3) is 0.333. The highest BCUT2D eigenvalue weighted by molar-refractivity contribution is 5.85. The molecule has 1 aromatic carbocycles.